The van der Waals surface area contributed by atoms with Crippen molar-refractivity contribution in [2.75, 3.05) is 11.9 Å². The third-order valence-electron chi connectivity index (χ3n) is 1.88. The molecule has 1 aromatic carbocycles. The standard InChI is InChI=1S/C10H10ClF4N/c11-8-3-2-7(12)6-9(8)16-5-1-4-10(13,14)15/h2-3,6,16H,1,4-5H2. The smallest absolute Gasteiger partial charge is 0.384 e. The second-order valence-electron chi connectivity index (χ2n) is 3.27. The number of rotatable bonds is 4. The Morgan fingerprint density at radius 2 is 1.94 bits per heavy atom. The molecule has 1 nitrogen and oxygen atoms in total. The van der Waals surface area contributed by atoms with Gasteiger partial charge in [-0.05, 0) is 24.6 Å². The summed E-state index contributed by atoms with van der Waals surface area (Å²) >= 11 is 5.71. The summed E-state index contributed by atoms with van der Waals surface area (Å²) in [5, 5.41) is 2.94. The van der Waals surface area contributed by atoms with Crippen LogP contribution in [-0.4, -0.2) is 12.7 Å². The molecule has 90 valence electrons. The van der Waals surface area contributed by atoms with Gasteiger partial charge in [0.2, 0.25) is 0 Å². The Hall–Kier alpha value is -0.970. The van der Waals surface area contributed by atoms with E-state index in [1.165, 1.54) is 12.1 Å². The molecule has 6 heteroatoms. The third-order valence-corrected chi connectivity index (χ3v) is 2.21. The van der Waals surface area contributed by atoms with E-state index in [0.29, 0.717) is 5.69 Å². The van der Waals surface area contributed by atoms with Crippen molar-refractivity contribution in [1.82, 2.24) is 0 Å². The Morgan fingerprint density at radius 3 is 2.56 bits per heavy atom. The molecule has 0 unspecified atom stereocenters. The highest BCUT2D eigenvalue weighted by Crippen LogP contribution is 2.24. The summed E-state index contributed by atoms with van der Waals surface area (Å²) in [5.41, 5.74) is 0.309. The summed E-state index contributed by atoms with van der Waals surface area (Å²) in [4.78, 5) is 0. The van der Waals surface area contributed by atoms with E-state index in [1.54, 1.807) is 0 Å². The van der Waals surface area contributed by atoms with Crippen molar-refractivity contribution in [2.45, 2.75) is 19.0 Å². The zero-order valence-corrected chi connectivity index (χ0v) is 9.00. The van der Waals surface area contributed by atoms with Crippen LogP contribution in [0.5, 0.6) is 0 Å². The molecule has 0 aromatic heterocycles. The summed E-state index contributed by atoms with van der Waals surface area (Å²) in [6, 6.07) is 3.68. The molecule has 0 bridgehead atoms. The SMILES string of the molecule is Fc1ccc(Cl)c(NCCCC(F)(F)F)c1. The highest BCUT2D eigenvalue weighted by molar-refractivity contribution is 6.33. The first-order valence-electron chi connectivity index (χ1n) is 4.64. The summed E-state index contributed by atoms with van der Waals surface area (Å²) < 4.78 is 48.2. The number of anilines is 1. The molecule has 0 aliphatic heterocycles. The van der Waals surface area contributed by atoms with Crippen LogP contribution in [0, 0.1) is 5.82 Å². The molecule has 16 heavy (non-hydrogen) atoms. The van der Waals surface area contributed by atoms with E-state index < -0.39 is 18.4 Å². The maximum Gasteiger partial charge on any atom is 0.389 e. The molecule has 0 saturated heterocycles. The molecule has 1 N–H and O–H groups in total. The lowest BCUT2D eigenvalue weighted by Crippen LogP contribution is -2.11. The molecular formula is C10H10ClF4N. The predicted octanol–water partition coefficient (Wildman–Crippen LogP) is 4.23. The van der Waals surface area contributed by atoms with Gasteiger partial charge in [0.1, 0.15) is 5.82 Å². The first-order chi connectivity index (χ1) is 7.38. The van der Waals surface area contributed by atoms with Crippen molar-refractivity contribution < 1.29 is 17.6 Å². The number of hydrogen-bond donors (Lipinski definition) is 1. The molecule has 0 heterocycles. The van der Waals surface area contributed by atoms with Gasteiger partial charge in [-0.15, -0.1) is 0 Å². The molecule has 0 fully saturated rings. The van der Waals surface area contributed by atoms with E-state index in [4.69, 9.17) is 11.6 Å². The number of benzene rings is 1. The van der Waals surface area contributed by atoms with Gasteiger partial charge in [0.15, 0.2) is 0 Å². The minimum absolute atomic E-state index is 0.0731. The van der Waals surface area contributed by atoms with Crippen molar-refractivity contribution in [2.24, 2.45) is 0 Å². The molecule has 0 saturated carbocycles. The zero-order chi connectivity index (χ0) is 12.2. The Labute approximate surface area is 95.4 Å². The molecule has 0 atom stereocenters. The van der Waals surface area contributed by atoms with Crippen LogP contribution in [0.3, 0.4) is 0 Å². The average Bonchev–Trinajstić information content (AvgIpc) is 2.16. The number of alkyl halides is 3. The van der Waals surface area contributed by atoms with Gasteiger partial charge in [0.05, 0.1) is 10.7 Å². The van der Waals surface area contributed by atoms with Gasteiger partial charge in [0.25, 0.3) is 0 Å². The fourth-order valence-electron chi connectivity index (χ4n) is 1.14. The quantitative estimate of drug-likeness (QED) is 0.627. The largest absolute Gasteiger partial charge is 0.389 e. The molecular weight excluding hydrogens is 246 g/mol. The number of nitrogens with one attached hydrogen (secondary N) is 1. The van der Waals surface area contributed by atoms with Crippen LogP contribution in [0.2, 0.25) is 5.02 Å². The number of halogens is 5. The third kappa shape index (κ3) is 4.70. The zero-order valence-electron chi connectivity index (χ0n) is 8.24. The highest BCUT2D eigenvalue weighted by atomic mass is 35.5. The Kier molecular flexibility index (Phi) is 4.41. The lowest BCUT2D eigenvalue weighted by molar-refractivity contribution is -0.134. The maximum absolute atomic E-state index is 12.8. The van der Waals surface area contributed by atoms with E-state index in [1.807, 2.05) is 0 Å². The van der Waals surface area contributed by atoms with Crippen LogP contribution in [0.15, 0.2) is 18.2 Å². The summed E-state index contributed by atoms with van der Waals surface area (Å²) in [7, 11) is 0. The Balaban J connectivity index is 2.40. The van der Waals surface area contributed by atoms with Gasteiger partial charge in [-0.1, -0.05) is 11.6 Å². The highest BCUT2D eigenvalue weighted by Gasteiger charge is 2.25. The molecule has 1 aromatic rings. The van der Waals surface area contributed by atoms with Gasteiger partial charge in [-0.2, -0.15) is 13.2 Å². The predicted molar refractivity (Wildman–Crippen MR) is 55.2 cm³/mol. The van der Waals surface area contributed by atoms with E-state index in [-0.39, 0.29) is 18.0 Å². The Morgan fingerprint density at radius 1 is 1.25 bits per heavy atom. The minimum Gasteiger partial charge on any atom is -0.384 e. The second-order valence-corrected chi connectivity index (χ2v) is 3.68. The molecule has 0 amide bonds. The average molecular weight is 256 g/mol. The van der Waals surface area contributed by atoms with Crippen LogP contribution in [0.25, 0.3) is 0 Å². The van der Waals surface area contributed by atoms with Crippen molar-refractivity contribution in [1.29, 1.82) is 0 Å². The van der Waals surface area contributed by atoms with Crippen LogP contribution >= 0.6 is 11.6 Å². The van der Waals surface area contributed by atoms with E-state index in [9.17, 15) is 17.6 Å². The summed E-state index contributed by atoms with van der Waals surface area (Å²) in [6.45, 7) is 0.0999. The number of hydrogen-bond acceptors (Lipinski definition) is 1. The summed E-state index contributed by atoms with van der Waals surface area (Å²) in [5.74, 6) is -0.484. The molecule has 0 radical (unpaired) electrons. The van der Waals surface area contributed by atoms with Crippen LogP contribution < -0.4 is 5.32 Å². The van der Waals surface area contributed by atoms with Crippen LogP contribution in [-0.2, 0) is 0 Å². The van der Waals surface area contributed by atoms with Crippen molar-refractivity contribution in [3.05, 3.63) is 29.0 Å². The fourth-order valence-corrected chi connectivity index (χ4v) is 1.33. The molecule has 0 aliphatic rings. The lowest BCUT2D eigenvalue weighted by atomic mass is 10.2. The molecule has 0 aliphatic carbocycles. The van der Waals surface area contributed by atoms with Gasteiger partial charge in [-0.25, -0.2) is 4.39 Å². The molecule has 1 rings (SSSR count). The van der Waals surface area contributed by atoms with Gasteiger partial charge >= 0.3 is 6.18 Å². The van der Waals surface area contributed by atoms with Crippen LogP contribution in [0.4, 0.5) is 23.2 Å². The van der Waals surface area contributed by atoms with Crippen molar-refractivity contribution in [3.8, 4) is 0 Å². The van der Waals surface area contributed by atoms with Crippen molar-refractivity contribution in [3.63, 3.8) is 0 Å². The van der Waals surface area contributed by atoms with Gasteiger partial charge in [0, 0.05) is 13.0 Å². The van der Waals surface area contributed by atoms with Gasteiger partial charge < -0.3 is 5.32 Å². The Bertz CT molecular complexity index is 351. The first-order valence-corrected chi connectivity index (χ1v) is 5.02. The van der Waals surface area contributed by atoms with Gasteiger partial charge in [-0.3, -0.25) is 0 Å². The van der Waals surface area contributed by atoms with E-state index in [2.05, 4.69) is 5.32 Å². The van der Waals surface area contributed by atoms with E-state index in [0.717, 1.165) is 6.07 Å². The monoisotopic (exact) mass is 255 g/mol. The first kappa shape index (κ1) is 13.1. The van der Waals surface area contributed by atoms with E-state index >= 15 is 0 Å². The lowest BCUT2D eigenvalue weighted by Gasteiger charge is -2.09. The van der Waals surface area contributed by atoms with Crippen molar-refractivity contribution >= 4 is 17.3 Å². The summed E-state index contributed by atoms with van der Waals surface area (Å²) in [6.07, 6.45) is -5.10. The normalized spacial score (nSPS) is 11.6. The second kappa shape index (κ2) is 5.39. The minimum atomic E-state index is -4.16. The fraction of sp³-hybridized carbons (Fsp3) is 0.400. The maximum atomic E-state index is 12.8. The van der Waals surface area contributed by atoms with Crippen LogP contribution in [0.1, 0.15) is 12.8 Å². The topological polar surface area (TPSA) is 12.0 Å². The molecule has 0 spiro atoms.